The van der Waals surface area contributed by atoms with Gasteiger partial charge in [-0.15, -0.1) is 0 Å². The van der Waals surface area contributed by atoms with Gasteiger partial charge < -0.3 is 23.4 Å². The first kappa shape index (κ1) is 28.3. The predicted octanol–water partition coefficient (Wildman–Crippen LogP) is 6.68. The Hall–Kier alpha value is -1.31. The summed E-state index contributed by atoms with van der Waals surface area (Å²) in [6.45, 7) is 20.9. The molecule has 35 heavy (non-hydrogen) atoms. The van der Waals surface area contributed by atoms with Gasteiger partial charge in [0.15, 0.2) is 14.1 Å². The van der Waals surface area contributed by atoms with Gasteiger partial charge in [0, 0.05) is 12.0 Å². The van der Waals surface area contributed by atoms with E-state index in [-0.39, 0.29) is 6.10 Å². The molecule has 3 rings (SSSR count). The molecule has 0 saturated carbocycles. The van der Waals surface area contributed by atoms with Gasteiger partial charge >= 0.3 is 0 Å². The fourth-order valence-corrected chi connectivity index (χ4v) is 12.1. The molecule has 1 saturated heterocycles. The second kappa shape index (κ2) is 10.6. The molecule has 4 unspecified atom stereocenters. The van der Waals surface area contributed by atoms with E-state index in [1.807, 2.05) is 38.1 Å². The smallest absolute Gasteiger partial charge is 0.200 e. The van der Waals surface area contributed by atoms with Gasteiger partial charge in [-0.3, -0.25) is 0 Å². The van der Waals surface area contributed by atoms with Gasteiger partial charge in [-0.25, -0.2) is 0 Å². The number of benzene rings is 1. The lowest BCUT2D eigenvalue weighted by molar-refractivity contribution is -0.187. The summed E-state index contributed by atoms with van der Waals surface area (Å²) in [5.74, 6) is -1.22. The minimum Gasteiger partial charge on any atom is -0.415 e. The van der Waals surface area contributed by atoms with Gasteiger partial charge in [-0.05, 0) is 36.0 Å². The molecule has 196 valence electrons. The second-order valence-electron chi connectivity index (χ2n) is 12.0. The minimum atomic E-state index is -2.16. The number of carbonyl (C=O) groups is 1. The fraction of sp³-hybridized carbons (Fsp3) is 0.690. The van der Waals surface area contributed by atoms with Gasteiger partial charge in [0.25, 0.3) is 0 Å². The maximum Gasteiger partial charge on any atom is 0.200 e. The number of ether oxygens (including phenoxy) is 3. The van der Waals surface area contributed by atoms with Gasteiger partial charge in [0.05, 0.1) is 25.2 Å². The monoisotopic (exact) mass is 502 g/mol. The third-order valence-corrected chi connectivity index (χ3v) is 14.3. The zero-order valence-electron chi connectivity index (χ0n) is 23.2. The lowest BCUT2D eigenvalue weighted by Crippen LogP contribution is -2.60. The molecule has 4 atom stereocenters. The van der Waals surface area contributed by atoms with Crippen molar-refractivity contribution in [2.75, 3.05) is 13.2 Å². The highest BCUT2D eigenvalue weighted by atomic mass is 28.4. The first-order valence-electron chi connectivity index (χ1n) is 13.1. The molecule has 0 radical (unpaired) electrons. The largest absolute Gasteiger partial charge is 0.415 e. The van der Waals surface area contributed by atoms with E-state index in [2.05, 4.69) is 66.7 Å². The van der Waals surface area contributed by atoms with Crippen molar-refractivity contribution < 1.29 is 23.4 Å². The van der Waals surface area contributed by atoms with Crippen LogP contribution in [-0.2, 0) is 30.0 Å². The molecule has 0 aromatic heterocycles. The standard InChI is InChI=1S/C29H46O5Si/c1-21(2)35(22(3)4,23(5)6)33-19-28(9)25(17-30)29(20-32-27(7,8)34-29)16-15-26(28)31-18-24-13-11-10-12-14-24/h10-17,21-23,25-26H,18-20H2,1-9H3. The van der Waals surface area contributed by atoms with Crippen molar-refractivity contribution in [3.63, 3.8) is 0 Å². The molecule has 1 heterocycles. The van der Waals surface area contributed by atoms with Crippen LogP contribution in [0, 0.1) is 11.3 Å². The zero-order valence-corrected chi connectivity index (χ0v) is 24.2. The van der Waals surface area contributed by atoms with Gasteiger partial charge in [-0.2, -0.15) is 0 Å². The van der Waals surface area contributed by atoms with Crippen LogP contribution in [0.4, 0.5) is 0 Å². The fourth-order valence-electron chi connectivity index (χ4n) is 6.58. The van der Waals surface area contributed by atoms with Gasteiger partial charge in [0.1, 0.15) is 11.9 Å². The van der Waals surface area contributed by atoms with Crippen LogP contribution < -0.4 is 0 Å². The summed E-state index contributed by atoms with van der Waals surface area (Å²) in [6.07, 6.45) is 4.81. The number of carbonyl (C=O) groups excluding carboxylic acids is 1. The van der Waals surface area contributed by atoms with E-state index in [9.17, 15) is 4.79 Å². The summed E-state index contributed by atoms with van der Waals surface area (Å²) in [6, 6.07) is 10.1. The van der Waals surface area contributed by atoms with E-state index in [0.29, 0.717) is 36.4 Å². The lowest BCUT2D eigenvalue weighted by atomic mass is 9.63. The van der Waals surface area contributed by atoms with Crippen LogP contribution in [-0.4, -0.2) is 45.3 Å². The maximum atomic E-state index is 12.8. The number of hydrogen-bond donors (Lipinski definition) is 0. The Morgan fingerprint density at radius 1 is 1.03 bits per heavy atom. The molecule has 1 aromatic rings. The van der Waals surface area contributed by atoms with Crippen LogP contribution in [0.2, 0.25) is 16.6 Å². The van der Waals surface area contributed by atoms with Crippen molar-refractivity contribution in [3.05, 3.63) is 48.0 Å². The number of rotatable bonds is 10. The van der Waals surface area contributed by atoms with E-state index >= 15 is 0 Å². The number of aldehydes is 1. The van der Waals surface area contributed by atoms with Crippen LogP contribution in [0.3, 0.4) is 0 Å². The summed E-state index contributed by atoms with van der Waals surface area (Å²) in [5, 5.41) is 0. The molecule has 1 aliphatic carbocycles. The molecule has 2 aliphatic rings. The van der Waals surface area contributed by atoms with E-state index < -0.39 is 31.0 Å². The zero-order chi connectivity index (χ0) is 26.1. The summed E-state index contributed by atoms with van der Waals surface area (Å²) in [4.78, 5) is 12.8. The normalized spacial score (nSPS) is 30.6. The van der Waals surface area contributed by atoms with Crippen LogP contribution in [0.25, 0.3) is 0 Å². The van der Waals surface area contributed by atoms with Crippen molar-refractivity contribution in [1.82, 2.24) is 0 Å². The lowest BCUT2D eigenvalue weighted by Gasteiger charge is -2.52. The second-order valence-corrected chi connectivity index (χ2v) is 17.5. The highest BCUT2D eigenvalue weighted by Crippen LogP contribution is 2.52. The van der Waals surface area contributed by atoms with E-state index in [1.165, 1.54) is 0 Å². The Bertz CT molecular complexity index is 859. The molecule has 0 bridgehead atoms. The molecule has 5 nitrogen and oxygen atoms in total. The van der Waals surface area contributed by atoms with Crippen molar-refractivity contribution >= 4 is 14.6 Å². The van der Waals surface area contributed by atoms with E-state index in [1.54, 1.807) is 0 Å². The molecule has 0 N–H and O–H groups in total. The average Bonchev–Trinajstić information content (AvgIpc) is 3.08. The Morgan fingerprint density at radius 3 is 2.11 bits per heavy atom. The quantitative estimate of drug-likeness (QED) is 0.203. The highest BCUT2D eigenvalue weighted by molar-refractivity contribution is 6.77. The molecule has 1 aromatic carbocycles. The summed E-state index contributed by atoms with van der Waals surface area (Å²) < 4.78 is 26.0. The first-order valence-corrected chi connectivity index (χ1v) is 15.3. The molecule has 1 fully saturated rings. The molecular weight excluding hydrogens is 456 g/mol. The Morgan fingerprint density at radius 2 is 1.63 bits per heavy atom. The predicted molar refractivity (Wildman–Crippen MR) is 143 cm³/mol. The Labute approximate surface area is 213 Å². The summed E-state index contributed by atoms with van der Waals surface area (Å²) in [7, 11) is -2.16. The summed E-state index contributed by atoms with van der Waals surface area (Å²) >= 11 is 0. The maximum absolute atomic E-state index is 12.8. The molecule has 0 amide bonds. The van der Waals surface area contributed by atoms with Gasteiger partial charge in [-0.1, -0.05) is 91.0 Å². The topological polar surface area (TPSA) is 54.0 Å². The number of hydrogen-bond acceptors (Lipinski definition) is 5. The van der Waals surface area contributed by atoms with Crippen LogP contribution in [0.15, 0.2) is 42.5 Å². The average molecular weight is 503 g/mol. The van der Waals surface area contributed by atoms with Crippen LogP contribution in [0.1, 0.15) is 67.9 Å². The molecule has 6 heteroatoms. The summed E-state index contributed by atoms with van der Waals surface area (Å²) in [5.41, 5.74) is 0.997. The first-order chi connectivity index (χ1) is 16.3. The Kier molecular flexibility index (Phi) is 8.55. The Balaban J connectivity index is 1.99. The highest BCUT2D eigenvalue weighted by Gasteiger charge is 2.60. The molecular formula is C29H46O5Si. The third kappa shape index (κ3) is 5.37. The molecule has 1 spiro atoms. The third-order valence-electron chi connectivity index (χ3n) is 8.27. The minimum absolute atomic E-state index is 0.297. The van der Waals surface area contributed by atoms with Crippen molar-refractivity contribution in [2.24, 2.45) is 11.3 Å². The van der Waals surface area contributed by atoms with E-state index in [4.69, 9.17) is 18.6 Å². The van der Waals surface area contributed by atoms with Crippen molar-refractivity contribution in [1.29, 1.82) is 0 Å². The SMILES string of the molecule is CC(C)[Si](OCC1(C)C(OCc2ccccc2)C=CC2(COC(C)(C)O2)C1C=O)(C(C)C)C(C)C. The van der Waals surface area contributed by atoms with E-state index in [0.717, 1.165) is 11.8 Å². The van der Waals surface area contributed by atoms with Crippen molar-refractivity contribution in [2.45, 2.75) is 103 Å². The van der Waals surface area contributed by atoms with Crippen LogP contribution in [0.5, 0.6) is 0 Å². The van der Waals surface area contributed by atoms with Crippen LogP contribution >= 0.6 is 0 Å². The van der Waals surface area contributed by atoms with Gasteiger partial charge in [0.2, 0.25) is 0 Å². The molecule has 1 aliphatic heterocycles. The van der Waals surface area contributed by atoms with Crippen molar-refractivity contribution in [3.8, 4) is 0 Å².